The molecule has 1 N–H and O–H groups in total. The fourth-order valence-electron chi connectivity index (χ4n) is 2.92. The van der Waals surface area contributed by atoms with Gasteiger partial charge in [0.15, 0.2) is 0 Å². The van der Waals surface area contributed by atoms with Crippen LogP contribution in [0.4, 0.5) is 0 Å². The summed E-state index contributed by atoms with van der Waals surface area (Å²) in [7, 11) is 1.98. The normalized spacial score (nSPS) is 18.6. The van der Waals surface area contributed by atoms with E-state index in [4.69, 9.17) is 23.2 Å². The second kappa shape index (κ2) is 5.16. The Balaban J connectivity index is 1.97. The lowest BCUT2D eigenvalue weighted by Crippen LogP contribution is -2.31. The van der Waals surface area contributed by atoms with Crippen LogP contribution in [0.1, 0.15) is 28.7 Å². The minimum atomic E-state index is 0.209. The molecule has 0 spiro atoms. The van der Waals surface area contributed by atoms with Crippen molar-refractivity contribution in [1.29, 1.82) is 0 Å². The third kappa shape index (κ3) is 2.27. The molecule has 1 aliphatic rings. The van der Waals surface area contributed by atoms with Crippen molar-refractivity contribution in [2.75, 3.05) is 7.05 Å². The van der Waals surface area contributed by atoms with Crippen molar-refractivity contribution in [2.24, 2.45) is 0 Å². The highest BCUT2D eigenvalue weighted by Crippen LogP contribution is 2.45. The Bertz CT molecular complexity index is 609. The average molecular weight is 292 g/mol. The molecule has 19 heavy (non-hydrogen) atoms. The molecule has 0 radical (unpaired) electrons. The zero-order valence-corrected chi connectivity index (χ0v) is 12.2. The number of hydrogen-bond acceptors (Lipinski definition) is 1. The topological polar surface area (TPSA) is 12.0 Å². The molecule has 0 saturated heterocycles. The van der Waals surface area contributed by atoms with E-state index < -0.39 is 0 Å². The molecule has 0 heterocycles. The lowest BCUT2D eigenvalue weighted by atomic mass is 9.72. The first-order valence-electron chi connectivity index (χ1n) is 6.40. The predicted octanol–water partition coefficient (Wildman–Crippen LogP) is 4.59. The van der Waals surface area contributed by atoms with Crippen molar-refractivity contribution in [3.63, 3.8) is 0 Å². The number of likely N-dealkylation sites (N-methyl/N-ethyl adjacent to an activating group) is 1. The van der Waals surface area contributed by atoms with Gasteiger partial charge < -0.3 is 5.32 Å². The van der Waals surface area contributed by atoms with E-state index in [0.717, 1.165) is 22.0 Å². The average Bonchev–Trinajstić information content (AvgIpc) is 2.39. The number of halogens is 2. The smallest absolute Gasteiger partial charge is 0.0455 e. The fraction of sp³-hybridized carbons (Fsp3) is 0.250. The van der Waals surface area contributed by atoms with Gasteiger partial charge in [-0.15, -0.1) is 0 Å². The van der Waals surface area contributed by atoms with E-state index in [2.05, 4.69) is 29.6 Å². The summed E-state index contributed by atoms with van der Waals surface area (Å²) in [6.45, 7) is 0. The van der Waals surface area contributed by atoms with Gasteiger partial charge in [0, 0.05) is 22.0 Å². The molecule has 2 unspecified atom stereocenters. The first kappa shape index (κ1) is 13.0. The first-order valence-corrected chi connectivity index (χ1v) is 7.16. The summed E-state index contributed by atoms with van der Waals surface area (Å²) in [5.41, 5.74) is 3.93. The molecule has 0 fully saturated rings. The van der Waals surface area contributed by atoms with Crippen LogP contribution in [0.15, 0.2) is 42.5 Å². The Kier molecular flexibility index (Phi) is 3.53. The highest BCUT2D eigenvalue weighted by molar-refractivity contribution is 6.33. The quantitative estimate of drug-likeness (QED) is 0.872. The largest absolute Gasteiger partial charge is 0.312 e. The Labute approximate surface area is 123 Å². The zero-order valence-electron chi connectivity index (χ0n) is 10.7. The Morgan fingerprint density at radius 3 is 2.68 bits per heavy atom. The van der Waals surface area contributed by atoms with Gasteiger partial charge in [-0.2, -0.15) is 0 Å². The van der Waals surface area contributed by atoms with Crippen LogP contribution in [0.5, 0.6) is 0 Å². The maximum atomic E-state index is 6.32. The SMILES string of the molecule is CNC(c1cc(Cl)ccc1Cl)C1Cc2ccccc21. The van der Waals surface area contributed by atoms with Crippen LogP contribution >= 0.6 is 23.2 Å². The van der Waals surface area contributed by atoms with Crippen molar-refractivity contribution < 1.29 is 0 Å². The Morgan fingerprint density at radius 1 is 1.16 bits per heavy atom. The van der Waals surface area contributed by atoms with Crippen LogP contribution in [0.2, 0.25) is 10.0 Å². The molecule has 0 aliphatic heterocycles. The van der Waals surface area contributed by atoms with Gasteiger partial charge >= 0.3 is 0 Å². The molecule has 1 nitrogen and oxygen atoms in total. The van der Waals surface area contributed by atoms with Gasteiger partial charge in [-0.3, -0.25) is 0 Å². The molecule has 3 heteroatoms. The highest BCUT2D eigenvalue weighted by atomic mass is 35.5. The summed E-state index contributed by atoms with van der Waals surface area (Å²) in [6, 6.07) is 14.5. The van der Waals surface area contributed by atoms with Gasteiger partial charge in [0.05, 0.1) is 0 Å². The lowest BCUT2D eigenvalue weighted by Gasteiger charge is -2.37. The van der Waals surface area contributed by atoms with Gasteiger partial charge in [-0.1, -0.05) is 47.5 Å². The van der Waals surface area contributed by atoms with Crippen LogP contribution in [0.25, 0.3) is 0 Å². The molecule has 2 aromatic carbocycles. The second-order valence-corrected chi connectivity index (χ2v) is 5.79. The van der Waals surface area contributed by atoms with Crippen LogP contribution in [-0.2, 0) is 6.42 Å². The van der Waals surface area contributed by atoms with Gasteiger partial charge in [0.1, 0.15) is 0 Å². The van der Waals surface area contributed by atoms with Crippen LogP contribution < -0.4 is 5.32 Å². The molecule has 0 saturated carbocycles. The maximum Gasteiger partial charge on any atom is 0.0455 e. The third-order valence-electron chi connectivity index (χ3n) is 3.90. The molecule has 1 aliphatic carbocycles. The molecule has 0 amide bonds. The van der Waals surface area contributed by atoms with Crippen LogP contribution in [-0.4, -0.2) is 7.05 Å². The molecule has 3 rings (SSSR count). The van der Waals surface area contributed by atoms with Crippen molar-refractivity contribution >= 4 is 23.2 Å². The first-order chi connectivity index (χ1) is 9.20. The molecule has 0 bridgehead atoms. The van der Waals surface area contributed by atoms with Crippen LogP contribution in [0.3, 0.4) is 0 Å². The Morgan fingerprint density at radius 2 is 1.95 bits per heavy atom. The van der Waals surface area contributed by atoms with E-state index in [-0.39, 0.29) is 6.04 Å². The highest BCUT2D eigenvalue weighted by Gasteiger charge is 2.33. The molecular weight excluding hydrogens is 277 g/mol. The number of benzene rings is 2. The van der Waals surface area contributed by atoms with Gasteiger partial charge in [-0.25, -0.2) is 0 Å². The third-order valence-corrected chi connectivity index (χ3v) is 4.48. The van der Waals surface area contributed by atoms with Crippen LogP contribution in [0, 0.1) is 0 Å². The van der Waals surface area contributed by atoms with Gasteiger partial charge in [0.2, 0.25) is 0 Å². The van der Waals surface area contributed by atoms with E-state index >= 15 is 0 Å². The lowest BCUT2D eigenvalue weighted by molar-refractivity contribution is 0.439. The number of nitrogens with one attached hydrogen (secondary N) is 1. The predicted molar refractivity (Wildman–Crippen MR) is 81.1 cm³/mol. The van der Waals surface area contributed by atoms with Crippen molar-refractivity contribution in [3.8, 4) is 0 Å². The number of hydrogen-bond donors (Lipinski definition) is 1. The molecule has 0 aromatic heterocycles. The van der Waals surface area contributed by atoms with E-state index in [1.807, 2.05) is 25.2 Å². The van der Waals surface area contributed by atoms with E-state index in [1.54, 1.807) is 0 Å². The maximum absolute atomic E-state index is 6.32. The molecular formula is C16H15Cl2N. The summed E-state index contributed by atoms with van der Waals surface area (Å²) < 4.78 is 0. The molecule has 2 atom stereocenters. The van der Waals surface area contributed by atoms with Crippen molar-refractivity contribution in [2.45, 2.75) is 18.4 Å². The van der Waals surface area contributed by atoms with Crippen molar-refractivity contribution in [3.05, 3.63) is 69.2 Å². The summed E-state index contributed by atoms with van der Waals surface area (Å²) in [6.07, 6.45) is 1.09. The number of rotatable bonds is 3. The van der Waals surface area contributed by atoms with Gasteiger partial charge in [-0.05, 0) is 48.4 Å². The van der Waals surface area contributed by atoms with E-state index in [1.165, 1.54) is 11.1 Å². The summed E-state index contributed by atoms with van der Waals surface area (Å²) >= 11 is 12.4. The van der Waals surface area contributed by atoms with Crippen molar-refractivity contribution in [1.82, 2.24) is 5.32 Å². The summed E-state index contributed by atoms with van der Waals surface area (Å²) in [5, 5.41) is 4.89. The second-order valence-electron chi connectivity index (χ2n) is 4.94. The van der Waals surface area contributed by atoms with E-state index in [0.29, 0.717) is 5.92 Å². The zero-order chi connectivity index (χ0) is 13.4. The van der Waals surface area contributed by atoms with E-state index in [9.17, 15) is 0 Å². The molecule has 2 aromatic rings. The minimum absolute atomic E-state index is 0.209. The Hall–Kier alpha value is -1.02. The summed E-state index contributed by atoms with van der Waals surface area (Å²) in [5.74, 6) is 0.470. The standard InChI is InChI=1S/C16H15Cl2N/c1-19-16(14-9-11(17)6-7-15(14)18)13-8-10-4-2-3-5-12(10)13/h2-7,9,13,16,19H,8H2,1H3. The monoisotopic (exact) mass is 291 g/mol. The fourth-order valence-corrected chi connectivity index (χ4v) is 3.34. The number of fused-ring (bicyclic) bond motifs is 1. The molecule has 98 valence electrons. The summed E-state index contributed by atoms with van der Waals surface area (Å²) in [4.78, 5) is 0. The van der Waals surface area contributed by atoms with Gasteiger partial charge in [0.25, 0.3) is 0 Å². The minimum Gasteiger partial charge on any atom is -0.312 e.